The number of hydrogen-bond donors (Lipinski definition) is 15. The predicted molar refractivity (Wildman–Crippen MR) is 230 cm³/mol. The van der Waals surface area contributed by atoms with Crippen molar-refractivity contribution in [3.8, 4) is 11.3 Å². The van der Waals surface area contributed by atoms with Crippen molar-refractivity contribution < 1.29 is 65.8 Å². The maximum absolute atomic E-state index is 13.4. The number of aliphatic hydroxyl groups is 10. The van der Waals surface area contributed by atoms with Crippen molar-refractivity contribution >= 4 is 28.3 Å². The summed E-state index contributed by atoms with van der Waals surface area (Å²) in [6, 6.07) is 22.9. The van der Waals surface area contributed by atoms with Gasteiger partial charge in [0.2, 0.25) is 0 Å². The first kappa shape index (κ1) is 51.0. The summed E-state index contributed by atoms with van der Waals surface area (Å²) in [5.41, 5.74) is 4.16. The summed E-state index contributed by atoms with van der Waals surface area (Å²) >= 11 is 0. The SMILES string of the molecule is CNC[C@H](O)[C@@H](O)[C@H](O)[C@H](O)CO.CNC[C@H](O)[C@@H](O)[C@H](O)[C@H](O)CO.O=C(O)c1cccc(NC(=O)c2cc(-c3ccc4ccccc4c3)[nH]c2CC2CCCCCC2)c1. The van der Waals surface area contributed by atoms with Crippen molar-refractivity contribution in [3.63, 3.8) is 0 Å². The summed E-state index contributed by atoms with van der Waals surface area (Å²) < 4.78 is 0. The lowest BCUT2D eigenvalue weighted by Crippen LogP contribution is -2.48. The number of aromatic nitrogens is 1. The minimum atomic E-state index is -1.55. The van der Waals surface area contributed by atoms with E-state index in [-0.39, 0.29) is 24.6 Å². The van der Waals surface area contributed by atoms with Gasteiger partial charge in [-0.3, -0.25) is 4.79 Å². The molecule has 1 aliphatic rings. The lowest BCUT2D eigenvalue weighted by atomic mass is 9.93. The first-order valence-electron chi connectivity index (χ1n) is 20.5. The quantitative estimate of drug-likeness (QED) is 0.0609. The molecule has 8 atom stereocenters. The van der Waals surface area contributed by atoms with E-state index in [0.717, 1.165) is 28.8 Å². The second kappa shape index (κ2) is 26.2. The largest absolute Gasteiger partial charge is 0.478 e. The Morgan fingerprint density at radius 2 is 1.20 bits per heavy atom. The van der Waals surface area contributed by atoms with Crippen molar-refractivity contribution in [1.82, 2.24) is 15.6 Å². The van der Waals surface area contributed by atoms with Crippen molar-refractivity contribution in [1.29, 1.82) is 0 Å². The lowest BCUT2D eigenvalue weighted by molar-refractivity contribution is -0.113. The molecule has 1 saturated carbocycles. The van der Waals surface area contributed by atoms with Gasteiger partial charge in [0.05, 0.1) is 36.5 Å². The second-order valence-corrected chi connectivity index (χ2v) is 15.3. The van der Waals surface area contributed by atoms with Gasteiger partial charge in [-0.05, 0) is 73.1 Å². The van der Waals surface area contributed by atoms with Crippen LogP contribution in [0.4, 0.5) is 5.69 Å². The van der Waals surface area contributed by atoms with E-state index in [1.807, 2.05) is 18.2 Å². The van der Waals surface area contributed by atoms with Crippen molar-refractivity contribution in [2.24, 2.45) is 5.92 Å². The Balaban J connectivity index is 0.000000315. The fraction of sp³-hybridized carbons (Fsp3) is 0.500. The normalized spacial score (nSPS) is 17.2. The Bertz CT molecular complexity index is 1870. The number of carboxylic acid groups (broad SMARTS) is 1. The number of nitrogens with one attached hydrogen (secondary N) is 4. The highest BCUT2D eigenvalue weighted by Crippen LogP contribution is 2.31. The molecule has 1 heterocycles. The van der Waals surface area contributed by atoms with Crippen molar-refractivity contribution in [2.75, 3.05) is 45.7 Å². The van der Waals surface area contributed by atoms with Gasteiger partial charge in [0.1, 0.15) is 36.6 Å². The summed E-state index contributed by atoms with van der Waals surface area (Å²) in [7, 11) is 3.15. The number of anilines is 1. The van der Waals surface area contributed by atoms with Crippen LogP contribution < -0.4 is 16.0 Å². The molecule has 1 fully saturated rings. The first-order valence-corrected chi connectivity index (χ1v) is 20.5. The standard InChI is InChI=1S/C30H30N2O3.2C7H17NO5/c33-29(31-25-13-7-12-24(18-25)30(34)35)26-19-27(23-15-14-21-10-5-6-11-22(21)17-23)32-28(26)16-20-8-3-1-2-4-9-20;2*1-8-2-4(10)6(12)7(13)5(11)3-9/h5-7,10-15,17-20,32H,1-4,8-9,16H2,(H,31,33)(H,34,35);2*4-13H,2-3H2,1H3/t;2*4-,5+,6+,7+/m.00/s1. The molecule has 1 aromatic heterocycles. The van der Waals surface area contributed by atoms with E-state index in [9.17, 15) is 24.9 Å². The Labute approximate surface area is 355 Å². The third kappa shape index (κ3) is 15.8. The molecule has 0 aliphatic heterocycles. The molecular formula is C44H64N4O13. The lowest BCUT2D eigenvalue weighted by Gasteiger charge is -2.25. The molecule has 338 valence electrons. The number of carboxylic acids is 1. The minimum absolute atomic E-state index is 0.0936. The van der Waals surface area contributed by atoms with Gasteiger partial charge in [-0.2, -0.15) is 0 Å². The Kier molecular flexibility index (Phi) is 21.9. The number of likely N-dealkylation sites (N-methyl/N-ethyl adjacent to an activating group) is 2. The van der Waals surface area contributed by atoms with Crippen LogP contribution >= 0.6 is 0 Å². The van der Waals surface area contributed by atoms with Crippen LogP contribution in [-0.4, -0.2) is 162 Å². The van der Waals surface area contributed by atoms with Crippen molar-refractivity contribution in [3.05, 3.63) is 89.6 Å². The van der Waals surface area contributed by atoms with E-state index in [1.165, 1.54) is 56.0 Å². The van der Waals surface area contributed by atoms with E-state index in [4.69, 9.17) is 40.9 Å². The smallest absolute Gasteiger partial charge is 0.335 e. The topological polar surface area (TPSA) is 309 Å². The van der Waals surface area contributed by atoms with Gasteiger partial charge in [0.25, 0.3) is 5.91 Å². The Morgan fingerprint density at radius 3 is 1.72 bits per heavy atom. The number of fused-ring (bicyclic) bond motifs is 1. The molecule has 15 N–H and O–H groups in total. The maximum atomic E-state index is 13.4. The fourth-order valence-corrected chi connectivity index (χ4v) is 6.94. The van der Waals surface area contributed by atoms with Crippen LogP contribution in [0.25, 0.3) is 22.0 Å². The zero-order chi connectivity index (χ0) is 45.1. The molecular weight excluding hydrogens is 792 g/mol. The number of rotatable bonds is 18. The molecule has 1 amide bonds. The number of carbonyl (C=O) groups is 2. The molecule has 1 aliphatic carbocycles. The molecule has 0 bridgehead atoms. The number of carbonyl (C=O) groups excluding carboxylic acids is 1. The Morgan fingerprint density at radius 1 is 0.656 bits per heavy atom. The number of aromatic amines is 1. The Hall–Kier alpha value is -4.34. The number of amides is 1. The van der Waals surface area contributed by atoms with Crippen molar-refractivity contribution in [2.45, 2.75) is 93.8 Å². The van der Waals surface area contributed by atoms with Crippen LogP contribution in [0.15, 0.2) is 72.8 Å². The molecule has 61 heavy (non-hydrogen) atoms. The van der Waals surface area contributed by atoms with Gasteiger partial charge >= 0.3 is 5.97 Å². The minimum Gasteiger partial charge on any atom is -0.478 e. The first-order chi connectivity index (χ1) is 29.1. The van der Waals surface area contributed by atoms with Gasteiger partial charge in [-0.15, -0.1) is 0 Å². The fourth-order valence-electron chi connectivity index (χ4n) is 6.94. The highest BCUT2D eigenvalue weighted by atomic mass is 16.4. The average Bonchev–Trinajstić information content (AvgIpc) is 3.52. The van der Waals surface area contributed by atoms with Crippen LogP contribution in [0.1, 0.15) is 64.9 Å². The summed E-state index contributed by atoms with van der Waals surface area (Å²) in [6.45, 7) is -1.14. The molecule has 0 radical (unpaired) electrons. The molecule has 17 heteroatoms. The third-order valence-electron chi connectivity index (χ3n) is 10.5. The molecule has 4 aromatic rings. The van der Waals surface area contributed by atoms with Gasteiger partial charge in [-0.1, -0.05) is 81.0 Å². The monoisotopic (exact) mass is 856 g/mol. The highest BCUT2D eigenvalue weighted by Gasteiger charge is 2.30. The van der Waals surface area contributed by atoms with E-state index < -0.39 is 68.0 Å². The molecule has 5 rings (SSSR count). The van der Waals surface area contributed by atoms with Gasteiger partial charge < -0.3 is 77.1 Å². The summed E-state index contributed by atoms with van der Waals surface area (Å²) in [5, 5.41) is 109. The molecule has 3 aromatic carbocycles. The van der Waals surface area contributed by atoms with Gasteiger partial charge in [0.15, 0.2) is 0 Å². The predicted octanol–water partition coefficient (Wildman–Crippen LogP) is 0.582. The average molecular weight is 857 g/mol. The molecule has 0 unspecified atom stereocenters. The molecule has 0 saturated heterocycles. The summed E-state index contributed by atoms with van der Waals surface area (Å²) in [4.78, 5) is 28.3. The van der Waals surface area contributed by atoms with E-state index in [1.54, 1.807) is 26.2 Å². The number of aromatic carboxylic acids is 1. The molecule has 17 nitrogen and oxygen atoms in total. The van der Waals surface area contributed by atoms with Crippen LogP contribution in [0, 0.1) is 5.92 Å². The van der Waals surface area contributed by atoms with E-state index in [0.29, 0.717) is 17.2 Å². The van der Waals surface area contributed by atoms with E-state index >= 15 is 0 Å². The van der Waals surface area contributed by atoms with Crippen LogP contribution in [-0.2, 0) is 6.42 Å². The van der Waals surface area contributed by atoms with E-state index in [2.05, 4.69) is 51.3 Å². The van der Waals surface area contributed by atoms with Crippen LogP contribution in [0.2, 0.25) is 0 Å². The second-order valence-electron chi connectivity index (χ2n) is 15.3. The molecule has 0 spiro atoms. The summed E-state index contributed by atoms with van der Waals surface area (Å²) in [5.74, 6) is -0.683. The number of aliphatic hydroxyl groups excluding tert-OH is 10. The number of H-pyrrole nitrogens is 1. The van der Waals surface area contributed by atoms with Crippen LogP contribution in [0.3, 0.4) is 0 Å². The van der Waals surface area contributed by atoms with Crippen LogP contribution in [0.5, 0.6) is 0 Å². The zero-order valence-electron chi connectivity index (χ0n) is 34.6. The van der Waals surface area contributed by atoms with Gasteiger partial charge in [-0.25, -0.2) is 4.79 Å². The van der Waals surface area contributed by atoms with Gasteiger partial charge in [0, 0.05) is 30.2 Å². The number of hydrogen-bond acceptors (Lipinski definition) is 14. The third-order valence-corrected chi connectivity index (χ3v) is 10.5. The summed E-state index contributed by atoms with van der Waals surface area (Å²) in [6.07, 6.45) is -3.02. The maximum Gasteiger partial charge on any atom is 0.335 e. The highest BCUT2D eigenvalue weighted by molar-refractivity contribution is 6.06. The number of benzene rings is 3. The zero-order valence-corrected chi connectivity index (χ0v) is 34.6.